The predicted octanol–water partition coefficient (Wildman–Crippen LogP) is 16.8. The largest absolute Gasteiger partial charge is 0.456 e. The quantitative estimate of drug-likeness (QED) is 0.152. The topological polar surface area (TPSA) is 19.6 Å². The summed E-state index contributed by atoms with van der Waals surface area (Å²) in [5, 5.41) is 2.23. The van der Waals surface area contributed by atoms with Gasteiger partial charge in [-0.25, -0.2) is 0 Å². The first-order valence-electron chi connectivity index (χ1n) is 23.5. The van der Waals surface area contributed by atoms with Crippen molar-refractivity contribution in [1.29, 1.82) is 0 Å². The molecule has 1 aromatic heterocycles. The summed E-state index contributed by atoms with van der Waals surface area (Å²) in [6.45, 7) is 4.85. The summed E-state index contributed by atoms with van der Waals surface area (Å²) in [6.07, 6.45) is 5.65. The summed E-state index contributed by atoms with van der Waals surface area (Å²) in [5.74, 6) is 0.322. The van der Waals surface area contributed by atoms with Crippen molar-refractivity contribution in [3.8, 4) is 11.1 Å². The van der Waals surface area contributed by atoms with Crippen molar-refractivity contribution in [3.63, 3.8) is 0 Å². The average molecular weight is 861 g/mol. The minimum atomic E-state index is -0.523. The van der Waals surface area contributed by atoms with Gasteiger partial charge in [-0.3, -0.25) is 0 Å². The van der Waals surface area contributed by atoms with E-state index in [2.05, 4.69) is 260 Å². The van der Waals surface area contributed by atoms with Gasteiger partial charge in [0.05, 0.1) is 16.5 Å². The lowest BCUT2D eigenvalue weighted by Crippen LogP contribution is -2.29. The number of hydrogen-bond acceptors (Lipinski definition) is 3. The first-order valence-corrected chi connectivity index (χ1v) is 23.5. The lowest BCUT2D eigenvalue weighted by atomic mass is 9.67. The van der Waals surface area contributed by atoms with E-state index in [1.54, 1.807) is 0 Å². The molecule has 0 saturated heterocycles. The fourth-order valence-corrected chi connectivity index (χ4v) is 12.0. The molecule has 0 aliphatic heterocycles. The van der Waals surface area contributed by atoms with Gasteiger partial charge in [-0.05, 0) is 135 Å². The molecule has 0 N–H and O–H groups in total. The van der Waals surface area contributed by atoms with Gasteiger partial charge in [0.1, 0.15) is 11.2 Å². The third kappa shape index (κ3) is 5.90. The van der Waals surface area contributed by atoms with Gasteiger partial charge in [0, 0.05) is 33.8 Å². The van der Waals surface area contributed by atoms with Crippen LogP contribution in [0, 0.1) is 5.92 Å². The SMILES string of the molecule is CC1(C)c2ccccc2C2=CC=C(N(c3cccc(N(c4ccccc4)c4cccc(C5(c6ccccc6)c6ccccc6-c6ccccc65)c4)c3)c3cccc4oc5ccccc5c34)CC21. The highest BCUT2D eigenvalue weighted by Crippen LogP contribution is 2.58. The summed E-state index contributed by atoms with van der Waals surface area (Å²) in [5.41, 5.74) is 19.8. The Labute approximate surface area is 392 Å². The number of anilines is 5. The first kappa shape index (κ1) is 39.2. The molecule has 3 aliphatic rings. The molecule has 0 fully saturated rings. The van der Waals surface area contributed by atoms with E-state index in [9.17, 15) is 0 Å². The van der Waals surface area contributed by atoms with E-state index in [-0.39, 0.29) is 5.41 Å². The van der Waals surface area contributed by atoms with Crippen LogP contribution >= 0.6 is 0 Å². The zero-order valence-corrected chi connectivity index (χ0v) is 37.6. The molecule has 67 heavy (non-hydrogen) atoms. The Hall–Kier alpha value is -8.14. The second-order valence-electron chi connectivity index (χ2n) is 18.8. The molecular weight excluding hydrogens is 813 g/mol. The highest BCUT2D eigenvalue weighted by atomic mass is 16.3. The lowest BCUT2D eigenvalue weighted by Gasteiger charge is -2.37. The standard InChI is InChI=1S/C64H48N2O/c1-63(2)55-32-13-9-28-50(55)53-39-38-49(42-58(53)63)66(59-35-19-37-61-62(59)54-31-12-16-36-60(54)67-61)48-27-18-26-47(41-48)65(45-23-7-4-8-24-45)46-25-17-22-44(40-46)64(43-20-5-3-6-21-43)56-33-14-10-29-51(56)52-30-11-15-34-57(52)64/h3-41,58H,42H2,1-2H3. The van der Waals surface area contributed by atoms with Crippen LogP contribution in [0.25, 0.3) is 38.6 Å². The van der Waals surface area contributed by atoms with Crippen molar-refractivity contribution in [2.75, 3.05) is 9.80 Å². The average Bonchev–Trinajstić information content (AvgIpc) is 3.99. The maximum absolute atomic E-state index is 6.56. The molecule has 0 radical (unpaired) electrons. The van der Waals surface area contributed by atoms with E-state index in [0.29, 0.717) is 5.92 Å². The van der Waals surface area contributed by atoms with Gasteiger partial charge in [0.15, 0.2) is 0 Å². The van der Waals surface area contributed by atoms with Gasteiger partial charge in [-0.15, -0.1) is 0 Å². The highest BCUT2D eigenvalue weighted by molar-refractivity contribution is 6.13. The van der Waals surface area contributed by atoms with Crippen molar-refractivity contribution in [3.05, 3.63) is 276 Å². The molecule has 1 atom stereocenters. The van der Waals surface area contributed by atoms with E-state index in [1.165, 1.54) is 55.8 Å². The van der Waals surface area contributed by atoms with Gasteiger partial charge in [-0.1, -0.05) is 184 Å². The van der Waals surface area contributed by atoms with E-state index in [1.807, 2.05) is 0 Å². The number of furan rings is 1. The minimum absolute atomic E-state index is 0.0314. The van der Waals surface area contributed by atoms with Crippen LogP contribution in [0.15, 0.2) is 247 Å². The van der Waals surface area contributed by atoms with E-state index in [4.69, 9.17) is 4.42 Å². The molecule has 0 saturated carbocycles. The van der Waals surface area contributed by atoms with Crippen molar-refractivity contribution < 1.29 is 4.42 Å². The number of hydrogen-bond donors (Lipinski definition) is 0. The molecule has 1 unspecified atom stereocenters. The molecule has 320 valence electrons. The lowest BCUT2D eigenvalue weighted by molar-refractivity contribution is 0.406. The van der Waals surface area contributed by atoms with Crippen LogP contribution in [0.4, 0.5) is 28.4 Å². The molecule has 3 nitrogen and oxygen atoms in total. The number of nitrogens with zero attached hydrogens (tertiary/aromatic N) is 2. The zero-order valence-electron chi connectivity index (χ0n) is 37.6. The number of para-hydroxylation sites is 2. The molecule has 13 rings (SSSR count). The fraction of sp³-hybridized carbons (Fsp3) is 0.0938. The van der Waals surface area contributed by atoms with Crippen molar-refractivity contribution in [1.82, 2.24) is 0 Å². The Balaban J connectivity index is 1.01. The van der Waals surface area contributed by atoms with Crippen LogP contribution in [0.2, 0.25) is 0 Å². The summed E-state index contributed by atoms with van der Waals surface area (Å²) in [6, 6.07) is 82.2. The smallest absolute Gasteiger partial charge is 0.137 e. The van der Waals surface area contributed by atoms with Crippen LogP contribution < -0.4 is 9.80 Å². The molecule has 1 heterocycles. The van der Waals surface area contributed by atoms with Gasteiger partial charge < -0.3 is 14.2 Å². The maximum atomic E-state index is 6.56. The molecule has 9 aromatic carbocycles. The van der Waals surface area contributed by atoms with Crippen molar-refractivity contribution in [2.45, 2.75) is 31.1 Å². The second kappa shape index (κ2) is 15.2. The summed E-state index contributed by atoms with van der Waals surface area (Å²) >= 11 is 0. The third-order valence-electron chi connectivity index (χ3n) is 15.0. The fourth-order valence-electron chi connectivity index (χ4n) is 12.0. The zero-order chi connectivity index (χ0) is 44.7. The number of fused-ring (bicyclic) bond motifs is 9. The van der Waals surface area contributed by atoms with Crippen LogP contribution in [0.1, 0.15) is 53.6 Å². The molecule has 0 spiro atoms. The second-order valence-corrected chi connectivity index (χ2v) is 18.8. The number of allylic oxidation sites excluding steroid dienone is 4. The Morgan fingerprint density at radius 1 is 0.433 bits per heavy atom. The number of benzene rings is 9. The van der Waals surface area contributed by atoms with Gasteiger partial charge in [0.2, 0.25) is 0 Å². The Morgan fingerprint density at radius 3 is 1.72 bits per heavy atom. The van der Waals surface area contributed by atoms with Crippen LogP contribution in [-0.4, -0.2) is 0 Å². The maximum Gasteiger partial charge on any atom is 0.137 e. The Bertz CT molecular complexity index is 3570. The Kier molecular flexibility index (Phi) is 8.92. The van der Waals surface area contributed by atoms with Gasteiger partial charge in [0.25, 0.3) is 0 Å². The monoisotopic (exact) mass is 860 g/mol. The summed E-state index contributed by atoms with van der Waals surface area (Å²) < 4.78 is 6.56. The van der Waals surface area contributed by atoms with Gasteiger partial charge in [-0.2, -0.15) is 0 Å². The summed E-state index contributed by atoms with van der Waals surface area (Å²) in [4.78, 5) is 4.94. The molecular formula is C64H48N2O. The number of rotatable bonds is 8. The normalized spacial score (nSPS) is 16.1. The van der Waals surface area contributed by atoms with Gasteiger partial charge >= 0.3 is 0 Å². The Morgan fingerprint density at radius 2 is 0.970 bits per heavy atom. The van der Waals surface area contributed by atoms with Crippen molar-refractivity contribution >= 4 is 55.9 Å². The van der Waals surface area contributed by atoms with Crippen LogP contribution in [0.5, 0.6) is 0 Å². The van der Waals surface area contributed by atoms with E-state index < -0.39 is 5.41 Å². The minimum Gasteiger partial charge on any atom is -0.456 e. The first-order chi connectivity index (χ1) is 33.0. The molecule has 3 aliphatic carbocycles. The van der Waals surface area contributed by atoms with E-state index in [0.717, 1.165) is 56.8 Å². The molecule has 3 heteroatoms. The van der Waals surface area contributed by atoms with E-state index >= 15 is 0 Å². The molecule has 0 amide bonds. The van der Waals surface area contributed by atoms with Crippen LogP contribution in [0.3, 0.4) is 0 Å². The highest BCUT2D eigenvalue weighted by Gasteiger charge is 2.47. The predicted molar refractivity (Wildman–Crippen MR) is 278 cm³/mol. The van der Waals surface area contributed by atoms with Crippen LogP contribution in [-0.2, 0) is 10.8 Å². The molecule has 10 aromatic rings. The van der Waals surface area contributed by atoms with Crippen molar-refractivity contribution in [2.24, 2.45) is 5.92 Å². The third-order valence-corrected chi connectivity index (χ3v) is 15.0. The molecule has 0 bridgehead atoms. The summed E-state index contributed by atoms with van der Waals surface area (Å²) in [7, 11) is 0.